The van der Waals surface area contributed by atoms with Crippen LogP contribution in [0.3, 0.4) is 0 Å². The molecule has 1 aliphatic rings. The van der Waals surface area contributed by atoms with Crippen LogP contribution < -0.4 is 10.6 Å². The summed E-state index contributed by atoms with van der Waals surface area (Å²) in [6.07, 6.45) is -7.22. The van der Waals surface area contributed by atoms with Gasteiger partial charge in [0.15, 0.2) is 17.3 Å². The molecule has 0 radical (unpaired) electrons. The second-order valence-corrected chi connectivity index (χ2v) is 7.35. The summed E-state index contributed by atoms with van der Waals surface area (Å²) in [7, 11) is 0. The molecule has 0 unspecified atom stereocenters. The summed E-state index contributed by atoms with van der Waals surface area (Å²) in [6, 6.07) is 4.52. The normalized spacial score (nSPS) is 14.8. The minimum absolute atomic E-state index is 0.0698. The van der Waals surface area contributed by atoms with Gasteiger partial charge in [0, 0.05) is 6.20 Å². The number of nitrogens with one attached hydrogen (secondary N) is 1. The zero-order valence-electron chi connectivity index (χ0n) is 16.5. The van der Waals surface area contributed by atoms with Gasteiger partial charge in [0.25, 0.3) is 6.43 Å². The number of hydrogen-bond donors (Lipinski definition) is 1. The second kappa shape index (κ2) is 8.06. The third-order valence-corrected chi connectivity index (χ3v) is 5.13. The molecule has 0 aliphatic heterocycles. The van der Waals surface area contributed by atoms with Gasteiger partial charge in [-0.3, -0.25) is 0 Å². The fraction of sp³-hybridized carbons (Fsp3) is 0.286. The number of pyridine rings is 1. The van der Waals surface area contributed by atoms with Crippen LogP contribution in [0.1, 0.15) is 18.5 Å². The highest BCUT2D eigenvalue weighted by Gasteiger charge is 2.62. The van der Waals surface area contributed by atoms with Crippen LogP contribution in [-0.4, -0.2) is 34.1 Å². The van der Waals surface area contributed by atoms with Crippen molar-refractivity contribution in [3.8, 4) is 11.8 Å². The maximum atomic E-state index is 15.2. The highest BCUT2D eigenvalue weighted by atomic mass is 19.4. The zero-order valence-corrected chi connectivity index (χ0v) is 16.5. The van der Waals surface area contributed by atoms with Gasteiger partial charge in [0.2, 0.25) is 0 Å². The first-order valence-corrected chi connectivity index (χ1v) is 9.51. The number of aromatic amines is 1. The van der Waals surface area contributed by atoms with E-state index in [1.54, 1.807) is 0 Å². The van der Waals surface area contributed by atoms with Crippen LogP contribution in [0.15, 0.2) is 35.3 Å². The summed E-state index contributed by atoms with van der Waals surface area (Å²) in [5.74, 6) is 1.22. The van der Waals surface area contributed by atoms with Crippen molar-refractivity contribution in [2.75, 3.05) is 11.4 Å². The molecule has 12 heteroatoms. The Balaban J connectivity index is 1.87. The molecule has 4 rings (SSSR count). The molecule has 3 aromatic rings. The minimum Gasteiger partial charge on any atom is -0.317 e. The van der Waals surface area contributed by atoms with Crippen LogP contribution in [-0.2, 0) is 0 Å². The second-order valence-electron chi connectivity index (χ2n) is 7.35. The van der Waals surface area contributed by atoms with E-state index in [0.29, 0.717) is 4.90 Å². The van der Waals surface area contributed by atoms with Crippen molar-refractivity contribution in [3.05, 3.63) is 58.3 Å². The predicted octanol–water partition coefficient (Wildman–Crippen LogP) is 4.69. The van der Waals surface area contributed by atoms with Gasteiger partial charge in [-0.05, 0) is 37.0 Å². The fourth-order valence-electron chi connectivity index (χ4n) is 3.30. The minimum atomic E-state index is -4.61. The molecular formula is C21H13F7N4O. The summed E-state index contributed by atoms with van der Waals surface area (Å²) in [6.45, 7) is -1.19. The molecule has 0 amide bonds. The summed E-state index contributed by atoms with van der Waals surface area (Å²) < 4.78 is 95.9. The number of fused-ring (bicyclic) bond motifs is 1. The van der Waals surface area contributed by atoms with E-state index in [0.717, 1.165) is 18.3 Å². The number of aromatic nitrogens is 3. The van der Waals surface area contributed by atoms with E-state index >= 15 is 4.39 Å². The highest BCUT2D eigenvalue weighted by Crippen LogP contribution is 2.57. The molecule has 0 bridgehead atoms. The lowest BCUT2D eigenvalue weighted by Gasteiger charge is -2.25. The number of H-pyrrole nitrogens is 1. The van der Waals surface area contributed by atoms with Gasteiger partial charge < -0.3 is 9.88 Å². The monoisotopic (exact) mass is 470 g/mol. The molecule has 0 atom stereocenters. The van der Waals surface area contributed by atoms with Gasteiger partial charge in [0.1, 0.15) is 11.2 Å². The first kappa shape index (κ1) is 22.6. The Morgan fingerprint density at radius 2 is 1.91 bits per heavy atom. The number of nitrogens with zero attached hydrogens (tertiary/aromatic N) is 3. The van der Waals surface area contributed by atoms with E-state index in [4.69, 9.17) is 0 Å². The fourth-order valence-corrected chi connectivity index (χ4v) is 3.30. The molecule has 33 heavy (non-hydrogen) atoms. The maximum absolute atomic E-state index is 15.2. The zero-order chi connectivity index (χ0) is 24.0. The summed E-state index contributed by atoms with van der Waals surface area (Å²) >= 11 is 0. The van der Waals surface area contributed by atoms with Crippen molar-refractivity contribution >= 4 is 22.4 Å². The number of benzene rings is 1. The van der Waals surface area contributed by atoms with Crippen molar-refractivity contribution in [2.45, 2.75) is 25.4 Å². The molecule has 2 aromatic heterocycles. The molecule has 1 saturated carbocycles. The molecule has 0 spiro atoms. The Morgan fingerprint density at radius 3 is 2.55 bits per heavy atom. The van der Waals surface area contributed by atoms with Crippen LogP contribution in [0.5, 0.6) is 0 Å². The van der Waals surface area contributed by atoms with Gasteiger partial charge in [0.05, 0.1) is 23.1 Å². The Kier molecular flexibility index (Phi) is 5.51. The highest BCUT2D eigenvalue weighted by molar-refractivity contribution is 5.92. The lowest BCUT2D eigenvalue weighted by Crippen LogP contribution is -2.29. The molecule has 1 aliphatic carbocycles. The summed E-state index contributed by atoms with van der Waals surface area (Å²) in [4.78, 5) is 22.0. The largest absolute Gasteiger partial charge is 0.405 e. The summed E-state index contributed by atoms with van der Waals surface area (Å²) in [5.41, 5.74) is -4.64. The molecule has 0 saturated heterocycles. The number of rotatable bonds is 4. The quantitative estimate of drug-likeness (QED) is 0.444. The molecule has 2 heterocycles. The third-order valence-electron chi connectivity index (χ3n) is 5.13. The van der Waals surface area contributed by atoms with Crippen LogP contribution in [0.25, 0.3) is 10.9 Å². The van der Waals surface area contributed by atoms with Crippen molar-refractivity contribution in [3.63, 3.8) is 0 Å². The van der Waals surface area contributed by atoms with Gasteiger partial charge in [-0.2, -0.15) is 18.2 Å². The van der Waals surface area contributed by atoms with Crippen molar-refractivity contribution in [2.24, 2.45) is 5.41 Å². The van der Waals surface area contributed by atoms with E-state index in [9.17, 15) is 31.1 Å². The smallest absolute Gasteiger partial charge is 0.317 e. The number of alkyl halides is 5. The Labute approximate surface area is 181 Å². The predicted molar refractivity (Wildman–Crippen MR) is 104 cm³/mol. The topological polar surface area (TPSA) is 61.9 Å². The molecule has 172 valence electrons. The molecule has 1 aromatic carbocycles. The van der Waals surface area contributed by atoms with E-state index in [-0.39, 0.29) is 23.7 Å². The first-order chi connectivity index (χ1) is 15.5. The van der Waals surface area contributed by atoms with Crippen molar-refractivity contribution in [1.82, 2.24) is 15.0 Å². The average molecular weight is 470 g/mol. The Bertz CT molecular complexity index is 1340. The van der Waals surface area contributed by atoms with E-state index in [2.05, 4.69) is 15.0 Å². The van der Waals surface area contributed by atoms with E-state index < -0.39 is 59.1 Å². The van der Waals surface area contributed by atoms with Gasteiger partial charge in [-0.1, -0.05) is 12.0 Å². The number of halogens is 7. The van der Waals surface area contributed by atoms with Crippen LogP contribution in [0.2, 0.25) is 0 Å². The standard InChI is InChI=1S/C21H13F7N4O/c22-11-2-1-3-12-16(11)18(31-19(33)30-12)32(10-15(23)24)14-5-9-29-13(17(14)25)4-6-20(7-8-20)21(26,27)28/h1-3,5,9,15H,7-8,10H2,(H,30,31,33). The van der Waals surface area contributed by atoms with Crippen LogP contribution in [0, 0.1) is 28.9 Å². The first-order valence-electron chi connectivity index (χ1n) is 9.51. The average Bonchev–Trinajstić information content (AvgIpc) is 3.52. The van der Waals surface area contributed by atoms with E-state index in [1.807, 2.05) is 11.8 Å². The molecule has 1 N–H and O–H groups in total. The van der Waals surface area contributed by atoms with Crippen molar-refractivity contribution < 1.29 is 30.7 Å². The number of anilines is 2. The molecule has 1 fully saturated rings. The SMILES string of the molecule is O=c1nc(N(CC(F)F)c2ccnc(C#CC3(C(F)(F)F)CC3)c2F)c2c(F)cccc2[nH]1. The maximum Gasteiger partial charge on any atom is 0.405 e. The van der Waals surface area contributed by atoms with Crippen LogP contribution in [0.4, 0.5) is 42.2 Å². The summed E-state index contributed by atoms with van der Waals surface area (Å²) in [5, 5.41) is -0.351. The van der Waals surface area contributed by atoms with Gasteiger partial charge >= 0.3 is 11.9 Å². The van der Waals surface area contributed by atoms with E-state index in [1.165, 1.54) is 12.1 Å². The van der Waals surface area contributed by atoms with Gasteiger partial charge in [-0.15, -0.1) is 0 Å². The number of hydrogen-bond acceptors (Lipinski definition) is 4. The van der Waals surface area contributed by atoms with Crippen molar-refractivity contribution in [1.29, 1.82) is 0 Å². The Morgan fingerprint density at radius 1 is 1.18 bits per heavy atom. The third kappa shape index (κ3) is 4.22. The lowest BCUT2D eigenvalue weighted by atomic mass is 10.1. The molecular weight excluding hydrogens is 457 g/mol. The lowest BCUT2D eigenvalue weighted by molar-refractivity contribution is -0.168. The van der Waals surface area contributed by atoms with Gasteiger partial charge in [-0.25, -0.2) is 27.3 Å². The molecule has 5 nitrogen and oxygen atoms in total. The Hall–Kier alpha value is -3.62. The van der Waals surface area contributed by atoms with Crippen LogP contribution >= 0.6 is 0 Å².